The first kappa shape index (κ1) is 12.9. The molecule has 1 N–H and O–H groups in total. The van der Waals surface area contributed by atoms with Gasteiger partial charge >= 0.3 is 0 Å². The molecule has 18 heavy (non-hydrogen) atoms. The standard InChI is InChI=1S/C15H22N2O/c1-12-7-6-8-13(2)17(12)15(18)11-16-14-9-4-3-5-10-14/h3-5,9-10,12-13,16H,6-8,11H2,1-2H3/t12-,13+. The lowest BCUT2D eigenvalue weighted by molar-refractivity contribution is -0.135. The summed E-state index contributed by atoms with van der Waals surface area (Å²) >= 11 is 0. The van der Waals surface area contributed by atoms with Crippen molar-refractivity contribution < 1.29 is 4.79 Å². The highest BCUT2D eigenvalue weighted by molar-refractivity contribution is 5.81. The van der Waals surface area contributed by atoms with Gasteiger partial charge in [-0.1, -0.05) is 18.2 Å². The maximum Gasteiger partial charge on any atom is 0.242 e. The Hall–Kier alpha value is -1.51. The predicted molar refractivity (Wildman–Crippen MR) is 74.6 cm³/mol. The number of hydrogen-bond donors (Lipinski definition) is 1. The van der Waals surface area contributed by atoms with Crippen LogP contribution in [0.2, 0.25) is 0 Å². The average molecular weight is 246 g/mol. The van der Waals surface area contributed by atoms with E-state index in [1.807, 2.05) is 35.2 Å². The van der Waals surface area contributed by atoms with E-state index in [1.54, 1.807) is 0 Å². The number of anilines is 1. The summed E-state index contributed by atoms with van der Waals surface area (Å²) in [6.07, 6.45) is 3.49. The molecular weight excluding hydrogens is 224 g/mol. The van der Waals surface area contributed by atoms with Gasteiger partial charge < -0.3 is 10.2 Å². The molecule has 1 amide bonds. The highest BCUT2D eigenvalue weighted by Crippen LogP contribution is 2.22. The molecule has 1 saturated heterocycles. The van der Waals surface area contributed by atoms with Crippen LogP contribution in [-0.4, -0.2) is 29.4 Å². The lowest BCUT2D eigenvalue weighted by Crippen LogP contribution is -2.49. The summed E-state index contributed by atoms with van der Waals surface area (Å²) < 4.78 is 0. The van der Waals surface area contributed by atoms with E-state index >= 15 is 0 Å². The second kappa shape index (κ2) is 5.89. The number of nitrogens with zero attached hydrogens (tertiary/aromatic N) is 1. The smallest absolute Gasteiger partial charge is 0.242 e. The van der Waals surface area contributed by atoms with Crippen LogP contribution in [0.15, 0.2) is 30.3 Å². The van der Waals surface area contributed by atoms with E-state index < -0.39 is 0 Å². The Morgan fingerprint density at radius 1 is 1.22 bits per heavy atom. The summed E-state index contributed by atoms with van der Waals surface area (Å²) in [7, 11) is 0. The molecule has 1 aromatic carbocycles. The third-order valence-electron chi connectivity index (χ3n) is 3.70. The molecule has 0 spiro atoms. The molecule has 1 aliphatic heterocycles. The van der Waals surface area contributed by atoms with Crippen LogP contribution >= 0.6 is 0 Å². The van der Waals surface area contributed by atoms with Gasteiger partial charge in [-0.2, -0.15) is 0 Å². The van der Waals surface area contributed by atoms with Gasteiger partial charge in [0, 0.05) is 17.8 Å². The first-order valence-electron chi connectivity index (χ1n) is 6.78. The SMILES string of the molecule is C[C@@H]1CCC[C@H](C)N1C(=O)CNc1ccccc1. The second-order valence-electron chi connectivity index (χ2n) is 5.15. The molecule has 0 unspecified atom stereocenters. The molecule has 1 aromatic rings. The number of likely N-dealkylation sites (tertiary alicyclic amines) is 1. The minimum atomic E-state index is 0.207. The van der Waals surface area contributed by atoms with Crippen LogP contribution in [-0.2, 0) is 4.79 Å². The van der Waals surface area contributed by atoms with Gasteiger partial charge in [0.25, 0.3) is 0 Å². The molecule has 2 rings (SSSR count). The van der Waals surface area contributed by atoms with E-state index in [0.29, 0.717) is 18.6 Å². The predicted octanol–water partition coefficient (Wildman–Crippen LogP) is 2.89. The van der Waals surface area contributed by atoms with Crippen LogP contribution in [0, 0.1) is 0 Å². The zero-order chi connectivity index (χ0) is 13.0. The third-order valence-corrected chi connectivity index (χ3v) is 3.70. The second-order valence-corrected chi connectivity index (χ2v) is 5.15. The maximum absolute atomic E-state index is 12.3. The third kappa shape index (κ3) is 3.03. The Morgan fingerprint density at radius 2 is 1.83 bits per heavy atom. The fourth-order valence-corrected chi connectivity index (χ4v) is 2.74. The monoisotopic (exact) mass is 246 g/mol. The van der Waals surface area contributed by atoms with Gasteiger partial charge in [0.2, 0.25) is 5.91 Å². The zero-order valence-corrected chi connectivity index (χ0v) is 11.2. The molecule has 98 valence electrons. The number of hydrogen-bond acceptors (Lipinski definition) is 2. The van der Waals surface area contributed by atoms with E-state index in [1.165, 1.54) is 6.42 Å². The van der Waals surface area contributed by atoms with Gasteiger partial charge in [0.05, 0.1) is 6.54 Å². The molecule has 3 heteroatoms. The topological polar surface area (TPSA) is 32.3 Å². The maximum atomic E-state index is 12.3. The molecule has 0 bridgehead atoms. The minimum Gasteiger partial charge on any atom is -0.376 e. The molecule has 0 aromatic heterocycles. The van der Waals surface area contributed by atoms with Gasteiger partial charge in [0.1, 0.15) is 0 Å². The molecule has 0 saturated carbocycles. The summed E-state index contributed by atoms with van der Waals surface area (Å²) in [5, 5.41) is 3.19. The normalized spacial score (nSPS) is 23.8. The largest absolute Gasteiger partial charge is 0.376 e. The van der Waals surface area contributed by atoms with E-state index in [4.69, 9.17) is 0 Å². The fraction of sp³-hybridized carbons (Fsp3) is 0.533. The van der Waals surface area contributed by atoms with Crippen molar-refractivity contribution in [3.63, 3.8) is 0 Å². The first-order valence-corrected chi connectivity index (χ1v) is 6.78. The summed E-state index contributed by atoms with van der Waals surface area (Å²) in [6, 6.07) is 10.6. The summed E-state index contributed by atoms with van der Waals surface area (Å²) in [5.74, 6) is 0.207. The molecule has 0 radical (unpaired) electrons. The lowest BCUT2D eigenvalue weighted by Gasteiger charge is -2.39. The Balaban J connectivity index is 1.91. The van der Waals surface area contributed by atoms with Gasteiger partial charge in [-0.05, 0) is 45.2 Å². The average Bonchev–Trinajstić information content (AvgIpc) is 2.37. The number of nitrogens with one attached hydrogen (secondary N) is 1. The first-order chi connectivity index (χ1) is 8.68. The number of carbonyl (C=O) groups excluding carboxylic acids is 1. The Labute approximate surface area is 109 Å². The molecular formula is C15H22N2O. The van der Waals surface area contributed by atoms with Crippen molar-refractivity contribution in [1.82, 2.24) is 4.90 Å². The number of carbonyl (C=O) groups is 1. The van der Waals surface area contributed by atoms with Crippen molar-refractivity contribution in [2.45, 2.75) is 45.2 Å². The van der Waals surface area contributed by atoms with Crippen LogP contribution in [0.4, 0.5) is 5.69 Å². The zero-order valence-electron chi connectivity index (χ0n) is 11.2. The summed E-state index contributed by atoms with van der Waals surface area (Å²) in [4.78, 5) is 14.3. The Bertz CT molecular complexity index is 381. The van der Waals surface area contributed by atoms with Crippen LogP contribution in [0.3, 0.4) is 0 Å². The molecule has 1 heterocycles. The van der Waals surface area contributed by atoms with E-state index in [0.717, 1.165) is 18.5 Å². The number of para-hydroxylation sites is 1. The number of benzene rings is 1. The van der Waals surface area contributed by atoms with E-state index in [-0.39, 0.29) is 5.91 Å². The van der Waals surface area contributed by atoms with Crippen molar-refractivity contribution in [2.75, 3.05) is 11.9 Å². The number of rotatable bonds is 3. The Kier molecular flexibility index (Phi) is 4.24. The summed E-state index contributed by atoms with van der Waals surface area (Å²) in [5.41, 5.74) is 1.00. The van der Waals surface area contributed by atoms with Crippen LogP contribution in [0.5, 0.6) is 0 Å². The molecule has 1 fully saturated rings. The molecule has 3 nitrogen and oxygen atoms in total. The summed E-state index contributed by atoms with van der Waals surface area (Å²) in [6.45, 7) is 4.69. The quantitative estimate of drug-likeness (QED) is 0.889. The number of piperidine rings is 1. The Morgan fingerprint density at radius 3 is 2.44 bits per heavy atom. The van der Waals surface area contributed by atoms with Gasteiger partial charge in [-0.25, -0.2) is 0 Å². The minimum absolute atomic E-state index is 0.207. The highest BCUT2D eigenvalue weighted by Gasteiger charge is 2.28. The molecule has 1 aliphatic rings. The van der Waals surface area contributed by atoms with E-state index in [2.05, 4.69) is 19.2 Å². The van der Waals surface area contributed by atoms with Crippen LogP contribution in [0.25, 0.3) is 0 Å². The van der Waals surface area contributed by atoms with Gasteiger partial charge in [-0.3, -0.25) is 4.79 Å². The van der Waals surface area contributed by atoms with Crippen molar-refractivity contribution in [3.8, 4) is 0 Å². The van der Waals surface area contributed by atoms with Crippen LogP contribution in [0.1, 0.15) is 33.1 Å². The van der Waals surface area contributed by atoms with Crippen LogP contribution < -0.4 is 5.32 Å². The lowest BCUT2D eigenvalue weighted by atomic mass is 9.97. The van der Waals surface area contributed by atoms with E-state index in [9.17, 15) is 4.79 Å². The van der Waals surface area contributed by atoms with Crippen molar-refractivity contribution in [1.29, 1.82) is 0 Å². The highest BCUT2D eigenvalue weighted by atomic mass is 16.2. The molecule has 2 atom stereocenters. The van der Waals surface area contributed by atoms with Crippen molar-refractivity contribution in [2.24, 2.45) is 0 Å². The van der Waals surface area contributed by atoms with Crippen molar-refractivity contribution >= 4 is 11.6 Å². The number of amides is 1. The fourth-order valence-electron chi connectivity index (χ4n) is 2.74. The van der Waals surface area contributed by atoms with Gasteiger partial charge in [-0.15, -0.1) is 0 Å². The molecule has 0 aliphatic carbocycles. The van der Waals surface area contributed by atoms with Gasteiger partial charge in [0.15, 0.2) is 0 Å². The van der Waals surface area contributed by atoms with Crippen molar-refractivity contribution in [3.05, 3.63) is 30.3 Å².